The molecular formula is C12H7Cl2I. The Morgan fingerprint density at radius 1 is 0.867 bits per heavy atom. The highest BCUT2D eigenvalue weighted by atomic mass is 127. The van der Waals surface area contributed by atoms with E-state index in [0.29, 0.717) is 10.0 Å². The van der Waals surface area contributed by atoms with Gasteiger partial charge in [-0.1, -0.05) is 53.5 Å². The largest absolute Gasteiger partial charge is 0.0826 e. The van der Waals surface area contributed by atoms with Crippen molar-refractivity contribution in [2.75, 3.05) is 0 Å². The molecule has 0 radical (unpaired) electrons. The maximum Gasteiger partial charge on any atom is 0.0726 e. The van der Waals surface area contributed by atoms with Crippen LogP contribution < -0.4 is 0 Å². The lowest BCUT2D eigenvalue weighted by molar-refractivity contribution is 1.59. The molecule has 0 heterocycles. The molecule has 0 aliphatic carbocycles. The molecule has 0 saturated heterocycles. The predicted octanol–water partition coefficient (Wildman–Crippen LogP) is 5.27. The third kappa shape index (κ3) is 2.47. The lowest BCUT2D eigenvalue weighted by atomic mass is 10.1. The summed E-state index contributed by atoms with van der Waals surface area (Å²) in [7, 11) is 0. The Kier molecular flexibility index (Phi) is 3.54. The number of halogens is 3. The normalized spacial score (nSPS) is 10.3. The third-order valence-electron chi connectivity index (χ3n) is 2.09. The fourth-order valence-electron chi connectivity index (χ4n) is 1.35. The molecule has 2 aromatic rings. The third-order valence-corrected chi connectivity index (χ3v) is 4.06. The molecule has 0 amide bonds. The van der Waals surface area contributed by atoms with Crippen LogP contribution in [0.15, 0.2) is 42.5 Å². The van der Waals surface area contributed by atoms with E-state index in [0.717, 1.165) is 14.7 Å². The van der Waals surface area contributed by atoms with Crippen molar-refractivity contribution in [2.45, 2.75) is 0 Å². The summed E-state index contributed by atoms with van der Waals surface area (Å²) in [4.78, 5) is 0. The Morgan fingerprint density at radius 2 is 1.53 bits per heavy atom. The van der Waals surface area contributed by atoms with E-state index < -0.39 is 0 Å². The van der Waals surface area contributed by atoms with Gasteiger partial charge in [-0.15, -0.1) is 0 Å². The zero-order chi connectivity index (χ0) is 10.8. The molecule has 0 N–H and O–H groups in total. The van der Waals surface area contributed by atoms with Crippen LogP contribution >= 0.6 is 45.8 Å². The van der Waals surface area contributed by atoms with Crippen LogP contribution in [0.2, 0.25) is 10.0 Å². The van der Waals surface area contributed by atoms with E-state index in [2.05, 4.69) is 34.7 Å². The van der Waals surface area contributed by atoms with Gasteiger partial charge in [-0.05, 0) is 45.9 Å². The minimum absolute atomic E-state index is 0.599. The summed E-state index contributed by atoms with van der Waals surface area (Å²) in [5.74, 6) is 0. The maximum absolute atomic E-state index is 6.03. The second-order valence-electron chi connectivity index (χ2n) is 3.12. The first kappa shape index (κ1) is 11.2. The summed E-state index contributed by atoms with van der Waals surface area (Å²) in [5.41, 5.74) is 2.24. The van der Waals surface area contributed by atoms with Gasteiger partial charge < -0.3 is 0 Å². The van der Waals surface area contributed by atoms with Gasteiger partial charge in [0.1, 0.15) is 0 Å². The Hall–Kier alpha value is -0.250. The van der Waals surface area contributed by atoms with Crippen LogP contribution in [0.4, 0.5) is 0 Å². The van der Waals surface area contributed by atoms with E-state index in [1.165, 1.54) is 0 Å². The average molecular weight is 349 g/mol. The van der Waals surface area contributed by atoms with Crippen molar-refractivity contribution in [3.05, 3.63) is 56.1 Å². The second-order valence-corrected chi connectivity index (χ2v) is 5.07. The topological polar surface area (TPSA) is 0 Å². The number of hydrogen-bond acceptors (Lipinski definition) is 0. The van der Waals surface area contributed by atoms with Crippen molar-refractivity contribution in [3.63, 3.8) is 0 Å². The Morgan fingerprint density at radius 3 is 2.13 bits per heavy atom. The predicted molar refractivity (Wildman–Crippen MR) is 74.6 cm³/mol. The molecule has 0 aliphatic rings. The summed E-state index contributed by atoms with van der Waals surface area (Å²) in [5, 5.41) is 1.22. The zero-order valence-corrected chi connectivity index (χ0v) is 11.3. The van der Waals surface area contributed by atoms with E-state index in [9.17, 15) is 0 Å². The molecule has 0 spiro atoms. The molecule has 3 heteroatoms. The van der Waals surface area contributed by atoms with E-state index in [1.54, 1.807) is 0 Å². The highest BCUT2D eigenvalue weighted by Crippen LogP contribution is 2.32. The average Bonchev–Trinajstić information content (AvgIpc) is 2.26. The molecule has 2 aromatic carbocycles. The van der Waals surface area contributed by atoms with Gasteiger partial charge in [-0.2, -0.15) is 0 Å². The first-order chi connectivity index (χ1) is 7.18. The molecule has 0 unspecified atom stereocenters. The molecular weight excluding hydrogens is 342 g/mol. The monoisotopic (exact) mass is 348 g/mol. The molecule has 0 saturated carbocycles. The number of rotatable bonds is 1. The SMILES string of the molecule is Clc1cc(-c2ccccc2)cc(I)c1Cl. The van der Waals surface area contributed by atoms with Gasteiger partial charge in [-0.3, -0.25) is 0 Å². The minimum atomic E-state index is 0.599. The van der Waals surface area contributed by atoms with Crippen molar-refractivity contribution >= 4 is 45.8 Å². The molecule has 0 fully saturated rings. The van der Waals surface area contributed by atoms with Crippen LogP contribution in [0.25, 0.3) is 11.1 Å². The van der Waals surface area contributed by atoms with Crippen molar-refractivity contribution in [1.82, 2.24) is 0 Å². The molecule has 0 nitrogen and oxygen atoms in total. The molecule has 0 atom stereocenters. The number of hydrogen-bond donors (Lipinski definition) is 0. The standard InChI is InChI=1S/C12H7Cl2I/c13-10-6-9(7-11(15)12(10)14)8-4-2-1-3-5-8/h1-7H. The zero-order valence-electron chi connectivity index (χ0n) is 7.68. The van der Waals surface area contributed by atoms with Crippen LogP contribution in [0.3, 0.4) is 0 Å². The molecule has 0 aromatic heterocycles. The van der Waals surface area contributed by atoms with Gasteiger partial charge in [0, 0.05) is 3.57 Å². The van der Waals surface area contributed by atoms with Crippen LogP contribution in [-0.2, 0) is 0 Å². The van der Waals surface area contributed by atoms with Crippen LogP contribution in [-0.4, -0.2) is 0 Å². The highest BCUT2D eigenvalue weighted by molar-refractivity contribution is 14.1. The number of benzene rings is 2. The second kappa shape index (κ2) is 4.73. The van der Waals surface area contributed by atoms with E-state index in [4.69, 9.17) is 23.2 Å². The van der Waals surface area contributed by atoms with Crippen LogP contribution in [0.1, 0.15) is 0 Å². The van der Waals surface area contributed by atoms with Gasteiger partial charge >= 0.3 is 0 Å². The van der Waals surface area contributed by atoms with Gasteiger partial charge in [0.2, 0.25) is 0 Å². The first-order valence-electron chi connectivity index (χ1n) is 4.38. The van der Waals surface area contributed by atoms with Gasteiger partial charge in [0.05, 0.1) is 10.0 Å². The molecule has 0 aliphatic heterocycles. The van der Waals surface area contributed by atoms with E-state index >= 15 is 0 Å². The van der Waals surface area contributed by atoms with Gasteiger partial charge in [0.25, 0.3) is 0 Å². The smallest absolute Gasteiger partial charge is 0.0726 e. The van der Waals surface area contributed by atoms with Crippen LogP contribution in [0, 0.1) is 3.57 Å². The Bertz CT molecular complexity index is 457. The van der Waals surface area contributed by atoms with Gasteiger partial charge in [0.15, 0.2) is 0 Å². The van der Waals surface area contributed by atoms with E-state index in [-0.39, 0.29) is 0 Å². The van der Waals surface area contributed by atoms with Crippen molar-refractivity contribution in [3.8, 4) is 11.1 Å². The minimum Gasteiger partial charge on any atom is -0.0826 e. The molecule has 76 valence electrons. The Labute approximate surface area is 112 Å². The first-order valence-corrected chi connectivity index (χ1v) is 6.22. The molecule has 2 rings (SSSR count). The summed E-state index contributed by atoms with van der Waals surface area (Å²) < 4.78 is 0.973. The molecule has 15 heavy (non-hydrogen) atoms. The molecule has 0 bridgehead atoms. The van der Waals surface area contributed by atoms with Crippen molar-refractivity contribution in [2.24, 2.45) is 0 Å². The van der Waals surface area contributed by atoms with Gasteiger partial charge in [-0.25, -0.2) is 0 Å². The van der Waals surface area contributed by atoms with Crippen molar-refractivity contribution < 1.29 is 0 Å². The Balaban J connectivity index is 2.56. The maximum atomic E-state index is 6.03. The summed E-state index contributed by atoms with van der Waals surface area (Å²) in [6, 6.07) is 14.0. The lowest BCUT2D eigenvalue weighted by Gasteiger charge is -2.05. The summed E-state index contributed by atoms with van der Waals surface area (Å²) >= 11 is 14.2. The summed E-state index contributed by atoms with van der Waals surface area (Å²) in [6.45, 7) is 0. The highest BCUT2D eigenvalue weighted by Gasteiger charge is 2.06. The quantitative estimate of drug-likeness (QED) is 0.486. The van der Waals surface area contributed by atoms with Crippen molar-refractivity contribution in [1.29, 1.82) is 0 Å². The fraction of sp³-hybridized carbons (Fsp3) is 0. The fourth-order valence-corrected chi connectivity index (χ4v) is 2.47. The van der Waals surface area contributed by atoms with Crippen LogP contribution in [0.5, 0.6) is 0 Å². The van der Waals surface area contributed by atoms with E-state index in [1.807, 2.05) is 30.3 Å². The lowest BCUT2D eigenvalue weighted by Crippen LogP contribution is -1.82. The summed E-state index contributed by atoms with van der Waals surface area (Å²) in [6.07, 6.45) is 0.